The monoisotopic (exact) mass is 201 g/mol. The second-order valence-electron chi connectivity index (χ2n) is 5.09. The Morgan fingerprint density at radius 3 is 2.00 bits per heavy atom. The van der Waals surface area contributed by atoms with Crippen LogP contribution in [0.1, 0.15) is 47.0 Å². The molecule has 0 bridgehead atoms. The Morgan fingerprint density at radius 1 is 1.21 bits per heavy atom. The van der Waals surface area contributed by atoms with E-state index in [1.807, 2.05) is 14.1 Å². The van der Waals surface area contributed by atoms with Crippen molar-refractivity contribution < 1.29 is 5.11 Å². The molecule has 14 heavy (non-hydrogen) atoms. The van der Waals surface area contributed by atoms with Crippen molar-refractivity contribution in [2.24, 2.45) is 5.92 Å². The first-order valence-corrected chi connectivity index (χ1v) is 5.70. The molecule has 2 nitrogen and oxygen atoms in total. The molecular weight excluding hydrogens is 174 g/mol. The Labute approximate surface area is 89.3 Å². The number of aliphatic hydroxyl groups excluding tert-OH is 1. The lowest BCUT2D eigenvalue weighted by Crippen LogP contribution is -2.50. The van der Waals surface area contributed by atoms with Crippen molar-refractivity contribution in [3.8, 4) is 0 Å². The Hall–Kier alpha value is -0.0800. The minimum atomic E-state index is -0.218. The fourth-order valence-corrected chi connectivity index (χ4v) is 1.65. The Bertz CT molecular complexity index is 156. The SMILES string of the molecule is CCC(C)(C(O)CCC(C)C)N(C)C. The van der Waals surface area contributed by atoms with Crippen LogP contribution in [0.2, 0.25) is 0 Å². The van der Waals surface area contributed by atoms with Crippen LogP contribution < -0.4 is 0 Å². The summed E-state index contributed by atoms with van der Waals surface area (Å²) in [5.74, 6) is 0.674. The highest BCUT2D eigenvalue weighted by molar-refractivity contribution is 4.89. The third-order valence-electron chi connectivity index (χ3n) is 3.47. The maximum Gasteiger partial charge on any atom is 0.0720 e. The highest BCUT2D eigenvalue weighted by Crippen LogP contribution is 2.25. The van der Waals surface area contributed by atoms with Crippen molar-refractivity contribution in [3.63, 3.8) is 0 Å². The maximum atomic E-state index is 10.1. The van der Waals surface area contributed by atoms with Gasteiger partial charge >= 0.3 is 0 Å². The van der Waals surface area contributed by atoms with Crippen LogP contribution in [0.5, 0.6) is 0 Å². The van der Waals surface area contributed by atoms with E-state index in [0.29, 0.717) is 5.92 Å². The summed E-state index contributed by atoms with van der Waals surface area (Å²) in [4.78, 5) is 2.14. The van der Waals surface area contributed by atoms with Gasteiger partial charge in [0.05, 0.1) is 6.10 Å². The summed E-state index contributed by atoms with van der Waals surface area (Å²) in [6.45, 7) is 8.67. The molecule has 0 radical (unpaired) electrons. The normalized spacial score (nSPS) is 18.6. The van der Waals surface area contributed by atoms with Gasteiger partial charge in [0.25, 0.3) is 0 Å². The lowest BCUT2D eigenvalue weighted by molar-refractivity contribution is -0.00517. The topological polar surface area (TPSA) is 23.5 Å². The van der Waals surface area contributed by atoms with E-state index >= 15 is 0 Å². The van der Waals surface area contributed by atoms with Gasteiger partial charge in [-0.2, -0.15) is 0 Å². The van der Waals surface area contributed by atoms with Crippen molar-refractivity contribution >= 4 is 0 Å². The summed E-state index contributed by atoms with van der Waals surface area (Å²) in [5.41, 5.74) is -0.0745. The van der Waals surface area contributed by atoms with Crippen LogP contribution in [0, 0.1) is 5.92 Å². The lowest BCUT2D eigenvalue weighted by Gasteiger charge is -2.40. The van der Waals surface area contributed by atoms with E-state index in [1.54, 1.807) is 0 Å². The van der Waals surface area contributed by atoms with Crippen LogP contribution in [-0.4, -0.2) is 35.7 Å². The number of hydrogen-bond acceptors (Lipinski definition) is 2. The molecule has 2 unspecified atom stereocenters. The molecule has 2 atom stereocenters. The molecule has 0 aliphatic carbocycles. The molecule has 0 saturated carbocycles. The summed E-state index contributed by atoms with van der Waals surface area (Å²) < 4.78 is 0. The molecule has 0 aliphatic rings. The molecule has 86 valence electrons. The highest BCUT2D eigenvalue weighted by atomic mass is 16.3. The average Bonchev–Trinajstić information content (AvgIpc) is 2.12. The first kappa shape index (κ1) is 13.9. The lowest BCUT2D eigenvalue weighted by atomic mass is 9.86. The van der Waals surface area contributed by atoms with Gasteiger partial charge in [-0.3, -0.25) is 0 Å². The molecule has 0 fully saturated rings. The van der Waals surface area contributed by atoms with E-state index in [4.69, 9.17) is 0 Å². The highest BCUT2D eigenvalue weighted by Gasteiger charge is 2.32. The van der Waals surface area contributed by atoms with Crippen molar-refractivity contribution in [1.82, 2.24) is 4.90 Å². The minimum absolute atomic E-state index is 0.0745. The van der Waals surface area contributed by atoms with Crippen LogP contribution in [0.25, 0.3) is 0 Å². The minimum Gasteiger partial charge on any atom is -0.391 e. The zero-order valence-electron chi connectivity index (χ0n) is 10.7. The van der Waals surface area contributed by atoms with Crippen molar-refractivity contribution in [2.75, 3.05) is 14.1 Å². The fourth-order valence-electron chi connectivity index (χ4n) is 1.65. The largest absolute Gasteiger partial charge is 0.391 e. The molecule has 0 heterocycles. The second-order valence-corrected chi connectivity index (χ2v) is 5.09. The van der Waals surface area contributed by atoms with E-state index in [2.05, 4.69) is 32.6 Å². The predicted molar refractivity (Wildman–Crippen MR) is 62.5 cm³/mol. The number of hydrogen-bond donors (Lipinski definition) is 1. The van der Waals surface area contributed by atoms with Crippen LogP contribution in [-0.2, 0) is 0 Å². The third-order valence-corrected chi connectivity index (χ3v) is 3.47. The van der Waals surface area contributed by atoms with Gasteiger partial charge in [-0.05, 0) is 46.2 Å². The first-order valence-electron chi connectivity index (χ1n) is 5.70. The second kappa shape index (κ2) is 5.72. The van der Waals surface area contributed by atoms with Gasteiger partial charge in [-0.1, -0.05) is 20.8 Å². The molecule has 0 aromatic heterocycles. The molecule has 0 spiro atoms. The van der Waals surface area contributed by atoms with Crippen molar-refractivity contribution in [2.45, 2.75) is 58.6 Å². The summed E-state index contributed by atoms with van der Waals surface area (Å²) in [6, 6.07) is 0. The van der Waals surface area contributed by atoms with Crippen LogP contribution in [0.3, 0.4) is 0 Å². The maximum absolute atomic E-state index is 10.1. The zero-order chi connectivity index (χ0) is 11.4. The molecular formula is C12H27NO. The Morgan fingerprint density at radius 2 is 1.71 bits per heavy atom. The molecule has 0 rings (SSSR count). The molecule has 0 aromatic carbocycles. The summed E-state index contributed by atoms with van der Waals surface area (Å²) in [6.07, 6.45) is 2.77. The summed E-state index contributed by atoms with van der Waals surface area (Å²) >= 11 is 0. The Balaban J connectivity index is 4.24. The van der Waals surface area contributed by atoms with Crippen molar-refractivity contribution in [3.05, 3.63) is 0 Å². The van der Waals surface area contributed by atoms with E-state index in [0.717, 1.165) is 19.3 Å². The summed E-state index contributed by atoms with van der Waals surface area (Å²) in [7, 11) is 4.09. The first-order chi connectivity index (χ1) is 6.34. The van der Waals surface area contributed by atoms with Gasteiger partial charge in [0, 0.05) is 5.54 Å². The number of likely N-dealkylation sites (N-methyl/N-ethyl adjacent to an activating group) is 1. The van der Waals surface area contributed by atoms with Gasteiger partial charge in [-0.15, -0.1) is 0 Å². The van der Waals surface area contributed by atoms with Gasteiger partial charge in [-0.25, -0.2) is 0 Å². The molecule has 2 heteroatoms. The molecule has 0 aromatic rings. The molecule has 0 saturated heterocycles. The smallest absolute Gasteiger partial charge is 0.0720 e. The van der Waals surface area contributed by atoms with Crippen LogP contribution in [0.4, 0.5) is 0 Å². The van der Waals surface area contributed by atoms with Gasteiger partial charge in [0.1, 0.15) is 0 Å². The van der Waals surface area contributed by atoms with E-state index in [-0.39, 0.29) is 11.6 Å². The molecule has 0 amide bonds. The van der Waals surface area contributed by atoms with E-state index in [9.17, 15) is 5.11 Å². The quantitative estimate of drug-likeness (QED) is 0.714. The van der Waals surface area contributed by atoms with Gasteiger partial charge in [0.2, 0.25) is 0 Å². The Kier molecular flexibility index (Phi) is 5.68. The van der Waals surface area contributed by atoms with E-state index in [1.165, 1.54) is 0 Å². The third kappa shape index (κ3) is 3.58. The molecule has 0 aliphatic heterocycles. The van der Waals surface area contributed by atoms with Gasteiger partial charge < -0.3 is 10.0 Å². The van der Waals surface area contributed by atoms with Crippen molar-refractivity contribution in [1.29, 1.82) is 0 Å². The number of rotatable bonds is 6. The molecule has 1 N–H and O–H groups in total. The van der Waals surface area contributed by atoms with E-state index < -0.39 is 0 Å². The zero-order valence-corrected chi connectivity index (χ0v) is 10.7. The summed E-state index contributed by atoms with van der Waals surface area (Å²) in [5, 5.41) is 10.1. The number of aliphatic hydroxyl groups is 1. The average molecular weight is 201 g/mol. The van der Waals surface area contributed by atoms with Gasteiger partial charge in [0.15, 0.2) is 0 Å². The number of nitrogens with zero attached hydrogens (tertiary/aromatic N) is 1. The predicted octanol–water partition coefficient (Wildman–Crippen LogP) is 2.51. The fraction of sp³-hybridized carbons (Fsp3) is 1.00. The van der Waals surface area contributed by atoms with Crippen LogP contribution >= 0.6 is 0 Å². The van der Waals surface area contributed by atoms with Crippen LogP contribution in [0.15, 0.2) is 0 Å². The standard InChI is InChI=1S/C12H27NO/c1-7-12(4,13(5)6)11(14)9-8-10(2)3/h10-11,14H,7-9H2,1-6H3.